The van der Waals surface area contributed by atoms with E-state index in [9.17, 15) is 4.39 Å². The summed E-state index contributed by atoms with van der Waals surface area (Å²) in [4.78, 5) is 4.59. The van der Waals surface area contributed by atoms with Crippen LogP contribution in [0.5, 0.6) is 5.75 Å². The normalized spacial score (nSPS) is 15.7. The molecule has 24 heavy (non-hydrogen) atoms. The molecular weight excluding hydrogens is 309 g/mol. The zero-order chi connectivity index (χ0) is 17.5. The number of ether oxygens (including phenoxy) is 2. The predicted octanol–water partition coefficient (Wildman–Crippen LogP) is 2.83. The van der Waals surface area contributed by atoms with E-state index in [1.807, 2.05) is 6.92 Å². The van der Waals surface area contributed by atoms with E-state index in [1.54, 1.807) is 0 Å². The average molecular weight is 337 g/mol. The third kappa shape index (κ3) is 5.09. The van der Waals surface area contributed by atoms with Crippen molar-refractivity contribution in [1.82, 2.24) is 10.6 Å². The summed E-state index contributed by atoms with van der Waals surface area (Å²) < 4.78 is 24.5. The Bertz CT molecular complexity index is 576. The molecule has 2 rings (SSSR count). The summed E-state index contributed by atoms with van der Waals surface area (Å²) in [6.07, 6.45) is 0.618. The van der Waals surface area contributed by atoms with Crippen LogP contribution in [0.1, 0.15) is 38.8 Å². The molecule has 1 unspecified atom stereocenters. The van der Waals surface area contributed by atoms with Crippen LogP contribution in [-0.2, 0) is 17.8 Å². The van der Waals surface area contributed by atoms with Gasteiger partial charge in [0.1, 0.15) is 11.6 Å². The van der Waals surface area contributed by atoms with Crippen LogP contribution in [0.3, 0.4) is 0 Å². The lowest BCUT2D eigenvalue weighted by molar-refractivity contribution is -0.0172. The molecule has 0 aliphatic carbocycles. The molecule has 0 aromatic heterocycles. The summed E-state index contributed by atoms with van der Waals surface area (Å²) in [5, 5.41) is 6.63. The Labute approximate surface area is 143 Å². The minimum Gasteiger partial charge on any atom is -0.467 e. The fraction of sp³-hybridized carbons (Fsp3) is 0.611. The zero-order valence-corrected chi connectivity index (χ0v) is 15.0. The molecule has 0 fully saturated rings. The van der Waals surface area contributed by atoms with Gasteiger partial charge in [0, 0.05) is 24.7 Å². The Hall–Kier alpha value is -1.82. The summed E-state index contributed by atoms with van der Waals surface area (Å²) >= 11 is 0. The van der Waals surface area contributed by atoms with E-state index < -0.39 is 0 Å². The summed E-state index contributed by atoms with van der Waals surface area (Å²) in [5.74, 6) is 1.78. The molecule has 0 saturated heterocycles. The smallest absolute Gasteiger partial charge is 0.191 e. The molecule has 1 heterocycles. The number of halogens is 1. The monoisotopic (exact) mass is 337 g/mol. The van der Waals surface area contributed by atoms with E-state index in [2.05, 4.69) is 36.4 Å². The Kier molecular flexibility index (Phi) is 6.85. The van der Waals surface area contributed by atoms with Crippen LogP contribution in [0, 0.1) is 11.7 Å². The molecule has 0 saturated carbocycles. The Morgan fingerprint density at radius 2 is 2.12 bits per heavy atom. The Morgan fingerprint density at radius 3 is 2.83 bits per heavy atom. The fourth-order valence-corrected chi connectivity index (χ4v) is 2.43. The van der Waals surface area contributed by atoms with Gasteiger partial charge in [0.05, 0.1) is 6.61 Å². The van der Waals surface area contributed by atoms with Crippen molar-refractivity contribution in [2.24, 2.45) is 10.9 Å². The third-order valence-corrected chi connectivity index (χ3v) is 4.11. The predicted molar refractivity (Wildman–Crippen MR) is 93.8 cm³/mol. The van der Waals surface area contributed by atoms with Crippen molar-refractivity contribution in [1.29, 1.82) is 0 Å². The average Bonchev–Trinajstić information content (AvgIpc) is 2.54. The quantitative estimate of drug-likeness (QED) is 0.619. The van der Waals surface area contributed by atoms with Gasteiger partial charge in [0.2, 0.25) is 0 Å². The van der Waals surface area contributed by atoms with Crippen LogP contribution in [-0.4, -0.2) is 31.9 Å². The van der Waals surface area contributed by atoms with E-state index in [-0.39, 0.29) is 12.6 Å². The number of nitrogens with one attached hydrogen (secondary N) is 2. The SMILES string of the molecule is CCNC(=NCCc1cc(F)cc2c1OCOC2)NC(C)C(C)C. The number of aliphatic imine (C=N–C) groups is 1. The zero-order valence-electron chi connectivity index (χ0n) is 15.0. The first kappa shape index (κ1) is 18.5. The number of guanidine groups is 1. The second-order valence-electron chi connectivity index (χ2n) is 6.35. The van der Waals surface area contributed by atoms with Gasteiger partial charge in [0.25, 0.3) is 0 Å². The summed E-state index contributed by atoms with van der Waals surface area (Å²) in [6, 6.07) is 3.32. The van der Waals surface area contributed by atoms with Gasteiger partial charge in [-0.3, -0.25) is 4.99 Å². The second-order valence-corrected chi connectivity index (χ2v) is 6.35. The second kappa shape index (κ2) is 8.87. The van der Waals surface area contributed by atoms with Crippen molar-refractivity contribution in [3.63, 3.8) is 0 Å². The van der Waals surface area contributed by atoms with Crippen LogP contribution in [0.15, 0.2) is 17.1 Å². The summed E-state index contributed by atoms with van der Waals surface area (Å²) in [7, 11) is 0. The maximum absolute atomic E-state index is 13.8. The maximum atomic E-state index is 13.8. The molecule has 0 radical (unpaired) electrons. The molecule has 1 aromatic carbocycles. The standard InChI is InChI=1S/C18H28FN3O2/c1-5-20-18(22-13(4)12(2)3)21-7-6-14-8-16(19)9-15-10-23-11-24-17(14)15/h8-9,12-13H,5-7,10-11H2,1-4H3,(H2,20,21,22). The topological polar surface area (TPSA) is 54.9 Å². The van der Waals surface area contributed by atoms with E-state index in [4.69, 9.17) is 9.47 Å². The van der Waals surface area contributed by atoms with Crippen molar-refractivity contribution in [2.45, 2.75) is 46.8 Å². The third-order valence-electron chi connectivity index (χ3n) is 4.11. The van der Waals surface area contributed by atoms with Crippen molar-refractivity contribution < 1.29 is 13.9 Å². The largest absolute Gasteiger partial charge is 0.467 e. The van der Waals surface area contributed by atoms with Crippen LogP contribution < -0.4 is 15.4 Å². The van der Waals surface area contributed by atoms with Gasteiger partial charge in [-0.1, -0.05) is 13.8 Å². The fourth-order valence-electron chi connectivity index (χ4n) is 2.43. The number of rotatable bonds is 6. The molecule has 1 aromatic rings. The molecule has 1 atom stereocenters. The Morgan fingerprint density at radius 1 is 1.33 bits per heavy atom. The van der Waals surface area contributed by atoms with Gasteiger partial charge in [-0.25, -0.2) is 4.39 Å². The van der Waals surface area contributed by atoms with Gasteiger partial charge in [-0.2, -0.15) is 0 Å². The minimum absolute atomic E-state index is 0.213. The van der Waals surface area contributed by atoms with Crippen LogP contribution in [0.4, 0.5) is 4.39 Å². The molecular formula is C18H28FN3O2. The first-order chi connectivity index (χ1) is 11.5. The molecule has 0 amide bonds. The van der Waals surface area contributed by atoms with E-state index in [0.29, 0.717) is 31.5 Å². The molecule has 134 valence electrons. The van der Waals surface area contributed by atoms with Crippen molar-refractivity contribution in [3.05, 3.63) is 29.1 Å². The molecule has 1 aliphatic heterocycles. The molecule has 2 N–H and O–H groups in total. The van der Waals surface area contributed by atoms with Crippen molar-refractivity contribution in [3.8, 4) is 5.75 Å². The summed E-state index contributed by atoms with van der Waals surface area (Å²) in [6.45, 7) is 10.5. The number of benzene rings is 1. The Balaban J connectivity index is 2.04. The minimum atomic E-state index is -0.264. The van der Waals surface area contributed by atoms with Crippen molar-refractivity contribution in [2.75, 3.05) is 19.9 Å². The number of hydrogen-bond donors (Lipinski definition) is 2. The van der Waals surface area contributed by atoms with Gasteiger partial charge < -0.3 is 20.1 Å². The van der Waals surface area contributed by atoms with Crippen LogP contribution in [0.2, 0.25) is 0 Å². The van der Waals surface area contributed by atoms with E-state index in [1.165, 1.54) is 12.1 Å². The van der Waals surface area contributed by atoms with Gasteiger partial charge in [-0.15, -0.1) is 0 Å². The van der Waals surface area contributed by atoms with Gasteiger partial charge in [-0.05, 0) is 43.9 Å². The molecule has 1 aliphatic rings. The lowest BCUT2D eigenvalue weighted by Crippen LogP contribution is -2.44. The highest BCUT2D eigenvalue weighted by atomic mass is 19.1. The summed E-state index contributed by atoms with van der Waals surface area (Å²) in [5.41, 5.74) is 1.60. The lowest BCUT2D eigenvalue weighted by Gasteiger charge is -2.21. The van der Waals surface area contributed by atoms with Gasteiger partial charge in [0.15, 0.2) is 12.8 Å². The lowest BCUT2D eigenvalue weighted by atomic mass is 10.1. The van der Waals surface area contributed by atoms with Crippen LogP contribution >= 0.6 is 0 Å². The molecule has 5 nitrogen and oxygen atoms in total. The number of fused-ring (bicyclic) bond motifs is 1. The highest BCUT2D eigenvalue weighted by Gasteiger charge is 2.16. The first-order valence-electron chi connectivity index (χ1n) is 8.58. The maximum Gasteiger partial charge on any atom is 0.191 e. The van der Waals surface area contributed by atoms with E-state index in [0.717, 1.165) is 29.4 Å². The first-order valence-corrected chi connectivity index (χ1v) is 8.58. The highest BCUT2D eigenvalue weighted by Crippen LogP contribution is 2.29. The number of nitrogens with zero attached hydrogens (tertiary/aromatic N) is 1. The van der Waals surface area contributed by atoms with E-state index >= 15 is 0 Å². The highest BCUT2D eigenvalue weighted by molar-refractivity contribution is 5.80. The van der Waals surface area contributed by atoms with Crippen molar-refractivity contribution >= 4 is 5.96 Å². The molecule has 0 bridgehead atoms. The molecule has 0 spiro atoms. The molecule has 6 heteroatoms. The number of hydrogen-bond acceptors (Lipinski definition) is 3. The van der Waals surface area contributed by atoms with Crippen LogP contribution in [0.25, 0.3) is 0 Å². The van der Waals surface area contributed by atoms with Gasteiger partial charge >= 0.3 is 0 Å².